The second-order valence-electron chi connectivity index (χ2n) is 8.12. The zero-order valence-electron chi connectivity index (χ0n) is 17.9. The summed E-state index contributed by atoms with van der Waals surface area (Å²) < 4.78 is 1.88. The summed E-state index contributed by atoms with van der Waals surface area (Å²) in [5, 5.41) is 6.24. The van der Waals surface area contributed by atoms with Gasteiger partial charge in [-0.1, -0.05) is 35.1 Å². The van der Waals surface area contributed by atoms with Crippen LogP contribution in [0, 0.1) is 20.8 Å². The standard InChI is InChI=1S/C23H27ClN4OS/c1-14-7-5-6-12-27(14)22(29)21-16(3)25-23(30-21)28-17(4)20(15(2)26-28)13-18-8-10-19(24)11-9-18/h8-11,14H,5-7,12-13H2,1-4H3/t14-/m0/s1. The number of likely N-dealkylation sites (tertiary alicyclic amines) is 1. The normalized spacial score (nSPS) is 16.8. The molecule has 1 saturated heterocycles. The van der Waals surface area contributed by atoms with E-state index in [1.54, 1.807) is 0 Å². The van der Waals surface area contributed by atoms with E-state index >= 15 is 0 Å². The van der Waals surface area contributed by atoms with Crippen LogP contribution in [0.4, 0.5) is 0 Å². The second-order valence-corrected chi connectivity index (χ2v) is 9.53. The molecule has 5 nitrogen and oxygen atoms in total. The van der Waals surface area contributed by atoms with Crippen molar-refractivity contribution in [1.82, 2.24) is 19.7 Å². The fourth-order valence-corrected chi connectivity index (χ4v) is 5.28. The summed E-state index contributed by atoms with van der Waals surface area (Å²) >= 11 is 7.46. The molecule has 2 aromatic heterocycles. The number of benzene rings is 1. The van der Waals surface area contributed by atoms with Crippen LogP contribution >= 0.6 is 22.9 Å². The molecule has 7 heteroatoms. The van der Waals surface area contributed by atoms with E-state index in [0.717, 1.165) is 57.9 Å². The van der Waals surface area contributed by atoms with Gasteiger partial charge in [0.1, 0.15) is 4.88 Å². The predicted molar refractivity (Wildman–Crippen MR) is 122 cm³/mol. The molecular formula is C23H27ClN4OS. The third-order valence-corrected chi connectivity index (χ3v) is 7.33. The van der Waals surface area contributed by atoms with Crippen LogP contribution in [-0.2, 0) is 6.42 Å². The zero-order valence-corrected chi connectivity index (χ0v) is 19.5. The molecule has 0 radical (unpaired) electrons. The first kappa shape index (κ1) is 21.1. The molecular weight excluding hydrogens is 416 g/mol. The van der Waals surface area contributed by atoms with Gasteiger partial charge in [-0.05, 0) is 64.7 Å². The molecule has 1 aromatic carbocycles. The number of hydrogen-bond acceptors (Lipinski definition) is 4. The van der Waals surface area contributed by atoms with Crippen molar-refractivity contribution in [3.63, 3.8) is 0 Å². The lowest BCUT2D eigenvalue weighted by atomic mass is 10.0. The van der Waals surface area contributed by atoms with Crippen molar-refractivity contribution in [1.29, 1.82) is 0 Å². The van der Waals surface area contributed by atoms with Gasteiger partial charge in [0, 0.05) is 35.3 Å². The average Bonchev–Trinajstić information content (AvgIpc) is 3.24. The number of hydrogen-bond donors (Lipinski definition) is 0. The Hall–Kier alpha value is -2.18. The number of amides is 1. The molecule has 0 unspecified atom stereocenters. The Labute approximate surface area is 186 Å². The van der Waals surface area contributed by atoms with Crippen molar-refractivity contribution in [2.24, 2.45) is 0 Å². The number of halogens is 1. The lowest BCUT2D eigenvalue weighted by Crippen LogP contribution is -2.41. The lowest BCUT2D eigenvalue weighted by Gasteiger charge is -2.33. The van der Waals surface area contributed by atoms with Crippen molar-refractivity contribution in [3.8, 4) is 5.13 Å². The SMILES string of the molecule is Cc1nc(-n2nc(C)c(Cc3ccc(Cl)cc3)c2C)sc1C(=O)N1CCCC[C@@H]1C. The van der Waals surface area contributed by atoms with E-state index in [-0.39, 0.29) is 11.9 Å². The van der Waals surface area contributed by atoms with Crippen molar-refractivity contribution >= 4 is 28.8 Å². The Morgan fingerprint density at radius 1 is 1.17 bits per heavy atom. The minimum atomic E-state index is 0.103. The molecule has 0 saturated carbocycles. The molecule has 3 aromatic rings. The number of piperidine rings is 1. The fourth-order valence-electron chi connectivity index (χ4n) is 4.12. The van der Waals surface area contributed by atoms with E-state index < -0.39 is 0 Å². The van der Waals surface area contributed by atoms with E-state index in [4.69, 9.17) is 21.7 Å². The summed E-state index contributed by atoms with van der Waals surface area (Å²) in [5.41, 5.74) is 5.19. The average molecular weight is 443 g/mol. The molecule has 1 amide bonds. The fraction of sp³-hybridized carbons (Fsp3) is 0.435. The third-order valence-electron chi connectivity index (χ3n) is 5.96. The highest BCUT2D eigenvalue weighted by Crippen LogP contribution is 2.29. The quantitative estimate of drug-likeness (QED) is 0.535. The number of aryl methyl sites for hydroxylation is 2. The molecule has 1 aliphatic heterocycles. The third kappa shape index (κ3) is 4.03. The van der Waals surface area contributed by atoms with Crippen molar-refractivity contribution < 1.29 is 4.79 Å². The van der Waals surface area contributed by atoms with Crippen LogP contribution in [0.2, 0.25) is 5.02 Å². The van der Waals surface area contributed by atoms with Gasteiger partial charge in [-0.25, -0.2) is 9.67 Å². The van der Waals surface area contributed by atoms with Crippen molar-refractivity contribution in [2.45, 2.75) is 59.4 Å². The molecule has 0 aliphatic carbocycles. The molecule has 3 heterocycles. The molecule has 0 bridgehead atoms. The second kappa shape index (κ2) is 8.52. The summed E-state index contributed by atoms with van der Waals surface area (Å²) in [6.45, 7) is 8.98. The number of thiazole rings is 1. The minimum absolute atomic E-state index is 0.103. The number of carbonyl (C=O) groups excluding carboxylic acids is 1. The molecule has 0 N–H and O–H groups in total. The predicted octanol–water partition coefficient (Wildman–Crippen LogP) is 5.51. The summed E-state index contributed by atoms with van der Waals surface area (Å²) in [6, 6.07) is 8.20. The highest BCUT2D eigenvalue weighted by atomic mass is 35.5. The maximum absolute atomic E-state index is 13.2. The smallest absolute Gasteiger partial charge is 0.266 e. The largest absolute Gasteiger partial charge is 0.335 e. The van der Waals surface area contributed by atoms with Gasteiger partial charge in [0.25, 0.3) is 5.91 Å². The Morgan fingerprint density at radius 2 is 1.90 bits per heavy atom. The van der Waals surface area contributed by atoms with Crippen LogP contribution in [0.1, 0.15) is 64.1 Å². The van der Waals surface area contributed by atoms with Gasteiger partial charge in [-0.3, -0.25) is 4.79 Å². The van der Waals surface area contributed by atoms with Gasteiger partial charge in [-0.2, -0.15) is 5.10 Å². The highest BCUT2D eigenvalue weighted by molar-refractivity contribution is 7.16. The lowest BCUT2D eigenvalue weighted by molar-refractivity contribution is 0.0639. The molecule has 1 fully saturated rings. The van der Waals surface area contributed by atoms with Gasteiger partial charge < -0.3 is 4.90 Å². The van der Waals surface area contributed by atoms with Gasteiger partial charge in [0.15, 0.2) is 0 Å². The Morgan fingerprint density at radius 3 is 2.60 bits per heavy atom. The maximum Gasteiger partial charge on any atom is 0.266 e. The van der Waals surface area contributed by atoms with Crippen LogP contribution in [0.3, 0.4) is 0 Å². The first-order valence-corrected chi connectivity index (χ1v) is 11.6. The first-order chi connectivity index (χ1) is 14.3. The van der Waals surface area contributed by atoms with Crippen LogP contribution < -0.4 is 0 Å². The molecule has 30 heavy (non-hydrogen) atoms. The van der Waals surface area contributed by atoms with Gasteiger partial charge >= 0.3 is 0 Å². The van der Waals surface area contributed by atoms with Gasteiger partial charge in [0.2, 0.25) is 5.13 Å². The Bertz CT molecular complexity index is 1070. The van der Waals surface area contributed by atoms with E-state index in [0.29, 0.717) is 0 Å². The molecule has 0 spiro atoms. The number of rotatable bonds is 4. The van der Waals surface area contributed by atoms with E-state index in [1.165, 1.54) is 28.9 Å². The van der Waals surface area contributed by atoms with Crippen LogP contribution in [0.25, 0.3) is 5.13 Å². The van der Waals surface area contributed by atoms with E-state index in [1.807, 2.05) is 47.7 Å². The molecule has 4 rings (SSSR count). The van der Waals surface area contributed by atoms with Crippen molar-refractivity contribution in [3.05, 3.63) is 62.4 Å². The molecule has 1 atom stereocenters. The van der Waals surface area contributed by atoms with E-state index in [2.05, 4.69) is 13.8 Å². The summed E-state index contributed by atoms with van der Waals surface area (Å²) in [5.74, 6) is 0.103. The van der Waals surface area contributed by atoms with Gasteiger partial charge in [-0.15, -0.1) is 0 Å². The highest BCUT2D eigenvalue weighted by Gasteiger charge is 2.28. The molecule has 158 valence electrons. The first-order valence-electron chi connectivity index (χ1n) is 10.4. The van der Waals surface area contributed by atoms with E-state index in [9.17, 15) is 4.79 Å². The summed E-state index contributed by atoms with van der Waals surface area (Å²) in [6.07, 6.45) is 4.13. The van der Waals surface area contributed by atoms with Crippen LogP contribution in [0.5, 0.6) is 0 Å². The topological polar surface area (TPSA) is 51.0 Å². The zero-order chi connectivity index (χ0) is 21.4. The van der Waals surface area contributed by atoms with Gasteiger partial charge in [0.05, 0.1) is 11.4 Å². The van der Waals surface area contributed by atoms with Crippen LogP contribution in [-0.4, -0.2) is 38.2 Å². The summed E-state index contributed by atoms with van der Waals surface area (Å²) in [7, 11) is 0. The number of carbonyl (C=O) groups is 1. The van der Waals surface area contributed by atoms with Crippen LogP contribution in [0.15, 0.2) is 24.3 Å². The minimum Gasteiger partial charge on any atom is -0.335 e. The maximum atomic E-state index is 13.2. The monoisotopic (exact) mass is 442 g/mol. The number of nitrogens with zero attached hydrogens (tertiary/aromatic N) is 4. The molecule has 1 aliphatic rings. The van der Waals surface area contributed by atoms with Crippen molar-refractivity contribution in [2.75, 3.05) is 6.54 Å². The Balaban J connectivity index is 1.63. The summed E-state index contributed by atoms with van der Waals surface area (Å²) in [4.78, 5) is 20.6. The number of aromatic nitrogens is 3. The Kier molecular flexibility index (Phi) is 5.98.